The smallest absolute Gasteiger partial charge is 0.143 e. The minimum absolute atomic E-state index is 0.905. The first-order valence-corrected chi connectivity index (χ1v) is 13.5. The lowest BCUT2D eigenvalue weighted by Crippen LogP contribution is -1.87. The Kier molecular flexibility index (Phi) is 6.02. The predicted octanol–water partition coefficient (Wildman–Crippen LogP) is 10.7. The van der Waals surface area contributed by atoms with E-state index in [1.54, 1.807) is 0 Å². The molecule has 0 unspecified atom stereocenters. The number of furan rings is 2. The van der Waals surface area contributed by atoms with Crippen LogP contribution in [0.5, 0.6) is 0 Å². The summed E-state index contributed by atoms with van der Waals surface area (Å²) < 4.78 is 12.5. The van der Waals surface area contributed by atoms with E-state index in [0.717, 1.165) is 71.8 Å². The maximum Gasteiger partial charge on any atom is 0.143 e. The fraction of sp³-hybridized carbons (Fsp3) is 0.0270. The zero-order valence-corrected chi connectivity index (χ0v) is 22.1. The third-order valence-corrected chi connectivity index (χ3v) is 7.28. The van der Waals surface area contributed by atoms with Gasteiger partial charge in [0.1, 0.15) is 22.3 Å². The van der Waals surface area contributed by atoms with Gasteiger partial charge >= 0.3 is 0 Å². The molecule has 2 heterocycles. The van der Waals surface area contributed by atoms with Gasteiger partial charge in [-0.05, 0) is 48.4 Å². The van der Waals surface area contributed by atoms with Crippen LogP contribution in [0.4, 0.5) is 5.69 Å². The second-order valence-electron chi connectivity index (χ2n) is 9.76. The zero-order valence-electron chi connectivity index (χ0n) is 22.1. The summed E-state index contributed by atoms with van der Waals surface area (Å²) in [5.74, 6) is 0. The van der Waals surface area contributed by atoms with Gasteiger partial charge in [-0.3, -0.25) is 0 Å². The molecule has 0 bridgehead atoms. The quantitative estimate of drug-likeness (QED) is 0.223. The van der Waals surface area contributed by atoms with Crippen LogP contribution in [0, 0.1) is 0 Å². The van der Waals surface area contributed by atoms with Crippen molar-refractivity contribution in [2.75, 3.05) is 5.32 Å². The van der Waals surface area contributed by atoms with E-state index in [-0.39, 0.29) is 0 Å². The summed E-state index contributed by atoms with van der Waals surface area (Å²) in [5, 5.41) is 7.94. The van der Waals surface area contributed by atoms with Crippen molar-refractivity contribution < 1.29 is 8.83 Å². The Morgan fingerprint density at radius 1 is 0.625 bits per heavy atom. The van der Waals surface area contributed by atoms with Crippen molar-refractivity contribution in [1.29, 1.82) is 0 Å². The van der Waals surface area contributed by atoms with Gasteiger partial charge in [0.05, 0.1) is 0 Å². The molecule has 0 aliphatic carbocycles. The van der Waals surface area contributed by atoms with E-state index >= 15 is 0 Å². The average molecular weight is 518 g/mol. The molecule has 0 saturated carbocycles. The first kappa shape index (κ1) is 23.8. The molecule has 0 amide bonds. The highest BCUT2D eigenvalue weighted by Crippen LogP contribution is 2.36. The molecule has 0 fully saturated rings. The highest BCUT2D eigenvalue weighted by Gasteiger charge is 2.13. The number of benzene rings is 5. The number of anilines is 1. The standard InChI is InChI=1S/C37H27NO2/c1-2-10-25(28-14-7-16-32-30-12-3-5-18-34(30)39-36(28)32)11-9-24-38-27-22-20-26(21-23-27)29-15-8-17-33-31-13-4-6-19-35(31)40-37(29)33/h2-24,38H,1H3/b10-2-,24-9+,25-11+. The SMILES string of the molecule is C\C=C/C(=C\C=C\Nc1ccc(-c2cccc3c2oc2ccccc23)cc1)c1cccc2c1oc1ccccc12. The second kappa shape index (κ2) is 10.1. The molecule has 1 N–H and O–H groups in total. The third-order valence-electron chi connectivity index (χ3n) is 7.28. The van der Waals surface area contributed by atoms with E-state index in [1.807, 2.05) is 55.6 Å². The zero-order chi connectivity index (χ0) is 26.9. The molecule has 2 aromatic heterocycles. The van der Waals surface area contributed by atoms with Crippen LogP contribution < -0.4 is 5.32 Å². The minimum Gasteiger partial charge on any atom is -0.455 e. The number of fused-ring (bicyclic) bond motifs is 6. The van der Waals surface area contributed by atoms with E-state index in [2.05, 4.69) is 96.3 Å². The Morgan fingerprint density at radius 2 is 1.25 bits per heavy atom. The highest BCUT2D eigenvalue weighted by molar-refractivity contribution is 6.10. The van der Waals surface area contributed by atoms with Crippen LogP contribution in [-0.4, -0.2) is 0 Å². The Labute approximate surface area is 232 Å². The van der Waals surface area contributed by atoms with Gasteiger partial charge in [0.25, 0.3) is 0 Å². The minimum atomic E-state index is 0.905. The summed E-state index contributed by atoms with van der Waals surface area (Å²) >= 11 is 0. The maximum atomic E-state index is 6.26. The van der Waals surface area contributed by atoms with Gasteiger partial charge in [0, 0.05) is 44.6 Å². The summed E-state index contributed by atoms with van der Waals surface area (Å²) in [6, 6.07) is 37.4. The van der Waals surface area contributed by atoms with Gasteiger partial charge in [-0.1, -0.05) is 103 Å². The van der Waals surface area contributed by atoms with E-state index in [9.17, 15) is 0 Å². The van der Waals surface area contributed by atoms with Crippen LogP contribution in [-0.2, 0) is 0 Å². The average Bonchev–Trinajstić information content (AvgIpc) is 3.58. The molecule has 40 heavy (non-hydrogen) atoms. The predicted molar refractivity (Wildman–Crippen MR) is 168 cm³/mol. The maximum absolute atomic E-state index is 6.26. The fourth-order valence-corrected chi connectivity index (χ4v) is 5.41. The molecule has 0 spiro atoms. The van der Waals surface area contributed by atoms with Crippen LogP contribution in [0.25, 0.3) is 60.6 Å². The van der Waals surface area contributed by atoms with Gasteiger partial charge in [-0.2, -0.15) is 0 Å². The molecular weight excluding hydrogens is 490 g/mol. The molecule has 3 nitrogen and oxygen atoms in total. The lowest BCUT2D eigenvalue weighted by atomic mass is 10.0. The largest absolute Gasteiger partial charge is 0.455 e. The first-order chi connectivity index (χ1) is 19.8. The van der Waals surface area contributed by atoms with Crippen LogP contribution in [0.2, 0.25) is 0 Å². The molecule has 7 rings (SSSR count). The van der Waals surface area contributed by atoms with E-state index in [1.165, 1.54) is 0 Å². The summed E-state index contributed by atoms with van der Waals surface area (Å²) in [5.41, 5.74) is 9.02. The monoisotopic (exact) mass is 517 g/mol. The summed E-state index contributed by atoms with van der Waals surface area (Å²) in [6.45, 7) is 2.03. The van der Waals surface area contributed by atoms with E-state index < -0.39 is 0 Å². The number of hydrogen-bond donors (Lipinski definition) is 1. The Bertz CT molecular complexity index is 2080. The molecule has 0 aliphatic heterocycles. The molecule has 5 aromatic carbocycles. The number of allylic oxidation sites excluding steroid dienone is 5. The number of hydrogen-bond acceptors (Lipinski definition) is 3. The van der Waals surface area contributed by atoms with E-state index in [0.29, 0.717) is 0 Å². The topological polar surface area (TPSA) is 38.3 Å². The van der Waals surface area contributed by atoms with Crippen molar-refractivity contribution in [2.45, 2.75) is 6.92 Å². The van der Waals surface area contributed by atoms with Gasteiger partial charge in [0.15, 0.2) is 0 Å². The number of rotatable bonds is 6. The Balaban J connectivity index is 1.14. The molecule has 192 valence electrons. The molecular formula is C37H27NO2. The second-order valence-corrected chi connectivity index (χ2v) is 9.76. The van der Waals surface area contributed by atoms with Crippen molar-refractivity contribution in [1.82, 2.24) is 0 Å². The van der Waals surface area contributed by atoms with Crippen LogP contribution in [0.3, 0.4) is 0 Å². The molecule has 0 radical (unpaired) electrons. The van der Waals surface area contributed by atoms with Crippen molar-refractivity contribution in [3.63, 3.8) is 0 Å². The van der Waals surface area contributed by atoms with Gasteiger partial charge in [-0.15, -0.1) is 0 Å². The summed E-state index contributed by atoms with van der Waals surface area (Å²) in [4.78, 5) is 0. The van der Waals surface area contributed by atoms with Crippen LogP contribution in [0.15, 0.2) is 149 Å². The molecule has 0 atom stereocenters. The number of nitrogens with one attached hydrogen (secondary N) is 1. The Hall–Kier alpha value is -5.28. The van der Waals surface area contributed by atoms with Crippen molar-refractivity contribution in [3.8, 4) is 11.1 Å². The highest BCUT2D eigenvalue weighted by atomic mass is 16.3. The van der Waals surface area contributed by atoms with Gasteiger partial charge in [0.2, 0.25) is 0 Å². The van der Waals surface area contributed by atoms with Crippen LogP contribution >= 0.6 is 0 Å². The molecule has 7 aromatic rings. The summed E-state index contributed by atoms with van der Waals surface area (Å²) in [7, 11) is 0. The fourth-order valence-electron chi connectivity index (χ4n) is 5.41. The lowest BCUT2D eigenvalue weighted by Gasteiger charge is -2.06. The van der Waals surface area contributed by atoms with Crippen molar-refractivity contribution in [2.24, 2.45) is 0 Å². The third kappa shape index (κ3) is 4.18. The number of para-hydroxylation sites is 4. The van der Waals surface area contributed by atoms with Crippen molar-refractivity contribution >= 4 is 55.1 Å². The molecule has 0 aliphatic rings. The molecule has 0 saturated heterocycles. The normalized spacial score (nSPS) is 12.6. The first-order valence-electron chi connectivity index (χ1n) is 13.5. The van der Waals surface area contributed by atoms with E-state index in [4.69, 9.17) is 8.83 Å². The van der Waals surface area contributed by atoms with Gasteiger partial charge < -0.3 is 14.2 Å². The Morgan fingerprint density at radius 3 is 1.98 bits per heavy atom. The molecule has 3 heteroatoms. The van der Waals surface area contributed by atoms with Crippen molar-refractivity contribution in [3.05, 3.63) is 145 Å². The van der Waals surface area contributed by atoms with Crippen LogP contribution in [0.1, 0.15) is 12.5 Å². The lowest BCUT2D eigenvalue weighted by molar-refractivity contribution is 0.667. The van der Waals surface area contributed by atoms with Gasteiger partial charge in [-0.25, -0.2) is 0 Å². The summed E-state index contributed by atoms with van der Waals surface area (Å²) in [6.07, 6.45) is 10.2.